The molecule has 0 unspecified atom stereocenters. The molecule has 0 atom stereocenters. The second kappa shape index (κ2) is 5.37. The number of nitrogens with one attached hydrogen (secondary N) is 1. The molecular formula is C11H16N4O4. The highest BCUT2D eigenvalue weighted by Gasteiger charge is 2.32. The van der Waals surface area contributed by atoms with Gasteiger partial charge in [-0.05, 0) is 12.8 Å². The first-order chi connectivity index (χ1) is 9.04. The molecule has 1 aliphatic rings. The van der Waals surface area contributed by atoms with Gasteiger partial charge in [0.15, 0.2) is 0 Å². The number of nitro groups is 1. The highest BCUT2D eigenvalue weighted by Crippen LogP contribution is 2.27. The molecule has 1 saturated heterocycles. The van der Waals surface area contributed by atoms with Crippen molar-refractivity contribution in [2.45, 2.75) is 18.4 Å². The molecule has 2 heterocycles. The number of ether oxygens (including phenoxy) is 1. The normalized spacial score (nSPS) is 17.9. The molecular weight excluding hydrogens is 252 g/mol. The molecule has 104 valence electrons. The van der Waals surface area contributed by atoms with Gasteiger partial charge in [-0.25, -0.2) is 4.98 Å². The Morgan fingerprint density at radius 3 is 2.79 bits per heavy atom. The number of aliphatic hydroxyl groups excluding tert-OH is 1. The van der Waals surface area contributed by atoms with Crippen LogP contribution in [-0.4, -0.2) is 40.4 Å². The van der Waals surface area contributed by atoms with Gasteiger partial charge in [0.05, 0.1) is 29.2 Å². The van der Waals surface area contributed by atoms with Gasteiger partial charge in [0.2, 0.25) is 0 Å². The molecule has 0 spiro atoms. The second-order valence-electron chi connectivity index (χ2n) is 4.57. The number of hydrogen-bond donors (Lipinski definition) is 3. The quantitative estimate of drug-likeness (QED) is 0.537. The van der Waals surface area contributed by atoms with Crippen LogP contribution in [-0.2, 0) is 4.74 Å². The minimum atomic E-state index is -0.563. The summed E-state index contributed by atoms with van der Waals surface area (Å²) in [5.74, 6) is 0.361. The molecule has 1 aromatic rings. The second-order valence-corrected chi connectivity index (χ2v) is 4.57. The lowest BCUT2D eigenvalue weighted by molar-refractivity contribution is -0.384. The molecule has 0 aliphatic carbocycles. The van der Waals surface area contributed by atoms with E-state index in [9.17, 15) is 15.2 Å². The van der Waals surface area contributed by atoms with Crippen LogP contribution in [0.3, 0.4) is 0 Å². The molecule has 0 amide bonds. The molecule has 8 nitrogen and oxygen atoms in total. The Morgan fingerprint density at radius 2 is 2.21 bits per heavy atom. The third kappa shape index (κ3) is 3.09. The highest BCUT2D eigenvalue weighted by molar-refractivity contribution is 5.53. The molecule has 1 aromatic heterocycles. The topological polar surface area (TPSA) is 124 Å². The summed E-state index contributed by atoms with van der Waals surface area (Å²) in [7, 11) is 0. The highest BCUT2D eigenvalue weighted by atomic mass is 16.6. The lowest BCUT2D eigenvalue weighted by Gasteiger charge is -2.36. The van der Waals surface area contributed by atoms with Crippen molar-refractivity contribution in [3.05, 3.63) is 22.2 Å². The predicted molar refractivity (Wildman–Crippen MR) is 68.8 cm³/mol. The van der Waals surface area contributed by atoms with Gasteiger partial charge in [0, 0.05) is 13.2 Å². The zero-order valence-corrected chi connectivity index (χ0v) is 10.3. The van der Waals surface area contributed by atoms with Gasteiger partial charge in [-0.2, -0.15) is 0 Å². The van der Waals surface area contributed by atoms with Crippen molar-refractivity contribution < 1.29 is 14.8 Å². The first kappa shape index (κ1) is 13.5. The van der Waals surface area contributed by atoms with Crippen LogP contribution in [0.2, 0.25) is 0 Å². The largest absolute Gasteiger partial charge is 0.394 e. The van der Waals surface area contributed by atoms with Crippen molar-refractivity contribution in [1.29, 1.82) is 0 Å². The lowest BCUT2D eigenvalue weighted by atomic mass is 9.91. The van der Waals surface area contributed by atoms with Gasteiger partial charge < -0.3 is 20.9 Å². The third-order valence-electron chi connectivity index (χ3n) is 3.19. The first-order valence-electron chi connectivity index (χ1n) is 5.93. The summed E-state index contributed by atoms with van der Waals surface area (Å²) >= 11 is 0. The fourth-order valence-electron chi connectivity index (χ4n) is 2.06. The smallest absolute Gasteiger partial charge is 0.276 e. The third-order valence-corrected chi connectivity index (χ3v) is 3.19. The van der Waals surface area contributed by atoms with E-state index in [0.29, 0.717) is 31.9 Å². The fraction of sp³-hybridized carbons (Fsp3) is 0.545. The fourth-order valence-corrected chi connectivity index (χ4v) is 2.06. The van der Waals surface area contributed by atoms with E-state index in [0.717, 1.165) is 0 Å². The van der Waals surface area contributed by atoms with E-state index < -0.39 is 10.5 Å². The number of pyridine rings is 1. The number of rotatable bonds is 4. The maximum atomic E-state index is 10.8. The number of anilines is 2. The van der Waals surface area contributed by atoms with Crippen LogP contribution in [0.15, 0.2) is 12.1 Å². The Labute approximate surface area is 109 Å². The van der Waals surface area contributed by atoms with Gasteiger partial charge in [-0.15, -0.1) is 0 Å². The van der Waals surface area contributed by atoms with Crippen molar-refractivity contribution in [3.8, 4) is 0 Å². The monoisotopic (exact) mass is 268 g/mol. The van der Waals surface area contributed by atoms with Gasteiger partial charge in [-0.3, -0.25) is 10.1 Å². The Bertz CT molecular complexity index is 474. The van der Waals surface area contributed by atoms with Crippen molar-refractivity contribution in [3.63, 3.8) is 0 Å². The van der Waals surface area contributed by atoms with E-state index in [4.69, 9.17) is 10.5 Å². The SMILES string of the molecule is Nc1cc([N+](=O)[O-])cc(NC2(CO)CCOCC2)n1. The Balaban J connectivity index is 2.23. The molecule has 0 bridgehead atoms. The van der Waals surface area contributed by atoms with E-state index in [1.54, 1.807) is 0 Å². The van der Waals surface area contributed by atoms with Crippen molar-refractivity contribution >= 4 is 17.3 Å². The van der Waals surface area contributed by atoms with Gasteiger partial charge in [0.25, 0.3) is 5.69 Å². The summed E-state index contributed by atoms with van der Waals surface area (Å²) in [6.45, 7) is 0.955. The van der Waals surface area contributed by atoms with Crippen LogP contribution in [0, 0.1) is 10.1 Å². The van der Waals surface area contributed by atoms with E-state index in [-0.39, 0.29) is 18.1 Å². The number of nitrogen functional groups attached to an aromatic ring is 1. The maximum absolute atomic E-state index is 10.8. The van der Waals surface area contributed by atoms with E-state index in [2.05, 4.69) is 10.3 Å². The molecule has 0 radical (unpaired) electrons. The van der Waals surface area contributed by atoms with Gasteiger partial charge in [0.1, 0.15) is 11.6 Å². The summed E-state index contributed by atoms with van der Waals surface area (Å²) in [5, 5.41) is 23.4. The van der Waals surface area contributed by atoms with Crippen molar-refractivity contribution in [1.82, 2.24) is 4.98 Å². The molecule has 4 N–H and O–H groups in total. The van der Waals surface area contributed by atoms with E-state index in [1.807, 2.05) is 0 Å². The van der Waals surface area contributed by atoms with Crippen LogP contribution in [0.25, 0.3) is 0 Å². The number of hydrogen-bond acceptors (Lipinski definition) is 7. The van der Waals surface area contributed by atoms with Crippen molar-refractivity contribution in [2.75, 3.05) is 30.9 Å². The zero-order chi connectivity index (χ0) is 13.9. The predicted octanol–water partition coefficient (Wildman–Crippen LogP) is 0.525. The van der Waals surface area contributed by atoms with Crippen LogP contribution < -0.4 is 11.1 Å². The van der Waals surface area contributed by atoms with Gasteiger partial charge in [-0.1, -0.05) is 0 Å². The molecule has 0 saturated carbocycles. The summed E-state index contributed by atoms with van der Waals surface area (Å²) in [6.07, 6.45) is 1.21. The zero-order valence-electron chi connectivity index (χ0n) is 10.3. The molecule has 1 fully saturated rings. The molecule has 19 heavy (non-hydrogen) atoms. The summed E-state index contributed by atoms with van der Waals surface area (Å²) < 4.78 is 5.25. The van der Waals surface area contributed by atoms with Crippen LogP contribution in [0.5, 0.6) is 0 Å². The standard InChI is InChI=1S/C11H16N4O4/c12-9-5-8(15(17)18)6-10(13-9)14-11(7-16)1-3-19-4-2-11/h5-6,16H,1-4,7H2,(H3,12,13,14). The van der Waals surface area contributed by atoms with Gasteiger partial charge >= 0.3 is 0 Å². The average molecular weight is 268 g/mol. The molecule has 2 rings (SSSR count). The summed E-state index contributed by atoms with van der Waals surface area (Å²) in [4.78, 5) is 14.3. The number of aromatic nitrogens is 1. The summed E-state index contributed by atoms with van der Waals surface area (Å²) in [5.41, 5.74) is 4.85. The van der Waals surface area contributed by atoms with Crippen LogP contribution in [0.4, 0.5) is 17.3 Å². The minimum absolute atomic E-state index is 0.0665. The molecule has 1 aliphatic heterocycles. The van der Waals surface area contributed by atoms with E-state index >= 15 is 0 Å². The minimum Gasteiger partial charge on any atom is -0.394 e. The molecule has 8 heteroatoms. The molecule has 0 aromatic carbocycles. The summed E-state index contributed by atoms with van der Waals surface area (Å²) in [6, 6.07) is 2.50. The van der Waals surface area contributed by atoms with Crippen molar-refractivity contribution in [2.24, 2.45) is 0 Å². The first-order valence-corrected chi connectivity index (χ1v) is 5.93. The Kier molecular flexibility index (Phi) is 3.82. The number of aliphatic hydroxyl groups is 1. The van der Waals surface area contributed by atoms with Crippen LogP contribution >= 0.6 is 0 Å². The van der Waals surface area contributed by atoms with Crippen LogP contribution in [0.1, 0.15) is 12.8 Å². The van der Waals surface area contributed by atoms with E-state index in [1.165, 1.54) is 12.1 Å². The maximum Gasteiger partial charge on any atom is 0.276 e. The number of nitrogens with zero attached hydrogens (tertiary/aromatic N) is 2. The Hall–Kier alpha value is -1.93. The average Bonchev–Trinajstić information content (AvgIpc) is 2.39. The number of nitrogens with two attached hydrogens (primary N) is 1. The Morgan fingerprint density at radius 1 is 1.53 bits per heavy atom. The lowest BCUT2D eigenvalue weighted by Crippen LogP contribution is -2.47.